The molecule has 2 unspecified atom stereocenters. The molecule has 1 fully saturated rings. The molecule has 1 aliphatic rings. The molecule has 2 atom stereocenters. The fourth-order valence-corrected chi connectivity index (χ4v) is 6.43. The van der Waals surface area contributed by atoms with E-state index in [0.29, 0.717) is 17.0 Å². The van der Waals surface area contributed by atoms with Crippen molar-refractivity contribution in [3.8, 4) is 21.8 Å². The number of thiazole rings is 1. The second-order valence-electron chi connectivity index (χ2n) is 11.6. The molecule has 4 aromatic rings. The Morgan fingerprint density at radius 1 is 1.17 bits per heavy atom. The van der Waals surface area contributed by atoms with Gasteiger partial charge in [0.05, 0.1) is 22.9 Å². The Morgan fingerprint density at radius 3 is 2.54 bits per heavy atom. The topological polar surface area (TPSA) is 80.7 Å². The first kappa shape index (κ1) is 29.4. The van der Waals surface area contributed by atoms with Gasteiger partial charge < -0.3 is 19.3 Å². The SMILES string of the molecule is COC(=O)C(OC(C)(C)C)c1c(C)cc2nc(-c3ccnc(N4CCC(N(C)C)C4)n3)sc2c1-c1ccc(Cl)cc1. The third-order valence-electron chi connectivity index (χ3n) is 7.25. The number of anilines is 1. The zero-order valence-corrected chi connectivity index (χ0v) is 26.1. The highest BCUT2D eigenvalue weighted by atomic mass is 35.5. The van der Waals surface area contributed by atoms with Crippen LogP contribution in [-0.4, -0.2) is 71.8 Å². The van der Waals surface area contributed by atoms with E-state index in [0.717, 1.165) is 62.7 Å². The van der Waals surface area contributed by atoms with Gasteiger partial charge in [0.25, 0.3) is 0 Å². The summed E-state index contributed by atoms with van der Waals surface area (Å²) in [6, 6.07) is 12.0. The second kappa shape index (κ2) is 11.6. The van der Waals surface area contributed by atoms with Crippen LogP contribution in [0.15, 0.2) is 42.6 Å². The molecule has 0 saturated carbocycles. The molecule has 2 aromatic carbocycles. The van der Waals surface area contributed by atoms with Gasteiger partial charge in [-0.05, 0) is 83.6 Å². The number of hydrogen-bond acceptors (Lipinski definition) is 9. The molecule has 3 heterocycles. The zero-order chi connectivity index (χ0) is 29.5. The van der Waals surface area contributed by atoms with Crippen LogP contribution in [0.3, 0.4) is 0 Å². The quantitative estimate of drug-likeness (QED) is 0.223. The van der Waals surface area contributed by atoms with Gasteiger partial charge in [0.1, 0.15) is 10.7 Å². The summed E-state index contributed by atoms with van der Waals surface area (Å²) < 4.78 is 12.5. The lowest BCUT2D eigenvalue weighted by Crippen LogP contribution is -2.32. The molecule has 0 N–H and O–H groups in total. The lowest BCUT2D eigenvalue weighted by molar-refractivity contribution is -0.164. The predicted octanol–water partition coefficient (Wildman–Crippen LogP) is 6.55. The van der Waals surface area contributed by atoms with E-state index in [1.807, 2.05) is 64.1 Å². The third-order valence-corrected chi connectivity index (χ3v) is 8.61. The highest BCUT2D eigenvalue weighted by Gasteiger charge is 2.33. The molecule has 0 spiro atoms. The third kappa shape index (κ3) is 6.23. The van der Waals surface area contributed by atoms with Crippen molar-refractivity contribution < 1.29 is 14.3 Å². The number of ether oxygens (including phenoxy) is 2. The van der Waals surface area contributed by atoms with E-state index in [4.69, 9.17) is 31.0 Å². The number of benzene rings is 2. The van der Waals surface area contributed by atoms with Crippen LogP contribution in [0.25, 0.3) is 32.0 Å². The molecule has 1 saturated heterocycles. The van der Waals surface area contributed by atoms with Gasteiger partial charge in [-0.1, -0.05) is 23.7 Å². The van der Waals surface area contributed by atoms with Crippen LogP contribution in [0, 0.1) is 6.92 Å². The van der Waals surface area contributed by atoms with Crippen molar-refractivity contribution in [1.82, 2.24) is 19.9 Å². The molecule has 0 bridgehead atoms. The normalized spacial score (nSPS) is 16.5. The molecule has 1 aliphatic heterocycles. The fourth-order valence-electron chi connectivity index (χ4n) is 5.21. The van der Waals surface area contributed by atoms with Crippen molar-refractivity contribution in [2.45, 2.75) is 51.9 Å². The smallest absolute Gasteiger partial charge is 0.339 e. The molecule has 0 radical (unpaired) electrons. The summed E-state index contributed by atoms with van der Waals surface area (Å²) in [5, 5.41) is 1.41. The number of carbonyl (C=O) groups excluding carboxylic acids is 1. The number of nitrogens with zero attached hydrogens (tertiary/aromatic N) is 5. The Bertz CT molecular complexity index is 1560. The number of methoxy groups -OCH3 is 1. The van der Waals surface area contributed by atoms with Crippen LogP contribution in [0.1, 0.15) is 44.4 Å². The molecular formula is C31H36ClN5O3S. The van der Waals surface area contributed by atoms with E-state index in [2.05, 4.69) is 28.9 Å². The average Bonchev–Trinajstić information content (AvgIpc) is 3.59. The Morgan fingerprint density at radius 2 is 1.90 bits per heavy atom. The Balaban J connectivity index is 1.67. The lowest BCUT2D eigenvalue weighted by atomic mass is 9.91. The molecule has 8 nitrogen and oxygen atoms in total. The number of likely N-dealkylation sites (N-methyl/N-ethyl adjacent to an activating group) is 1. The van der Waals surface area contributed by atoms with Crippen molar-refractivity contribution in [1.29, 1.82) is 0 Å². The standard InChI is InChI=1S/C31H36ClN5O3S/c1-18-16-23-27(41-28(34-23)22-12-14-33-30(35-22)37-15-13-21(17-37)36(5)6)25(19-8-10-20(32)11-9-19)24(18)26(29(38)39-7)40-31(2,3)4/h8-12,14,16,21,26H,13,15,17H2,1-7H3. The largest absolute Gasteiger partial charge is 0.467 e. The van der Waals surface area contributed by atoms with E-state index in [1.54, 1.807) is 17.5 Å². The molecule has 2 aromatic heterocycles. The predicted molar refractivity (Wildman–Crippen MR) is 166 cm³/mol. The van der Waals surface area contributed by atoms with Crippen molar-refractivity contribution in [2.24, 2.45) is 0 Å². The maximum Gasteiger partial charge on any atom is 0.339 e. The first-order valence-electron chi connectivity index (χ1n) is 13.7. The van der Waals surface area contributed by atoms with Gasteiger partial charge in [0.15, 0.2) is 6.10 Å². The van der Waals surface area contributed by atoms with Crippen molar-refractivity contribution in [2.75, 3.05) is 39.2 Å². The highest BCUT2D eigenvalue weighted by Crippen LogP contribution is 2.44. The minimum atomic E-state index is -0.925. The fraction of sp³-hybridized carbons (Fsp3) is 0.419. The monoisotopic (exact) mass is 593 g/mol. The van der Waals surface area contributed by atoms with Gasteiger partial charge in [0, 0.05) is 41.5 Å². The highest BCUT2D eigenvalue weighted by molar-refractivity contribution is 7.22. The number of rotatable bonds is 7. The Kier molecular flexibility index (Phi) is 8.34. The van der Waals surface area contributed by atoms with E-state index in [-0.39, 0.29) is 0 Å². The molecule has 216 valence electrons. The Labute approximate surface area is 250 Å². The van der Waals surface area contributed by atoms with E-state index >= 15 is 0 Å². The minimum Gasteiger partial charge on any atom is -0.467 e. The van der Waals surface area contributed by atoms with Crippen LogP contribution in [0.4, 0.5) is 5.95 Å². The van der Waals surface area contributed by atoms with E-state index in [1.165, 1.54) is 7.11 Å². The van der Waals surface area contributed by atoms with Gasteiger partial charge in [-0.3, -0.25) is 0 Å². The molecular weight excluding hydrogens is 558 g/mol. The number of hydrogen-bond donors (Lipinski definition) is 0. The van der Waals surface area contributed by atoms with Gasteiger partial charge in [-0.15, -0.1) is 11.3 Å². The molecule has 0 amide bonds. The van der Waals surface area contributed by atoms with Crippen LogP contribution in [0.5, 0.6) is 0 Å². The van der Waals surface area contributed by atoms with Crippen molar-refractivity contribution >= 4 is 45.1 Å². The second-order valence-corrected chi connectivity index (χ2v) is 13.0. The van der Waals surface area contributed by atoms with Crippen LogP contribution >= 0.6 is 22.9 Å². The molecule has 41 heavy (non-hydrogen) atoms. The maximum atomic E-state index is 13.2. The summed E-state index contributed by atoms with van der Waals surface area (Å²) in [4.78, 5) is 32.2. The summed E-state index contributed by atoms with van der Waals surface area (Å²) in [6.07, 6.45) is 1.95. The maximum absolute atomic E-state index is 13.2. The summed E-state index contributed by atoms with van der Waals surface area (Å²) in [5.41, 5.74) is 4.43. The summed E-state index contributed by atoms with van der Waals surface area (Å²) in [5.74, 6) is 0.259. The molecule has 0 aliphatic carbocycles. The van der Waals surface area contributed by atoms with Crippen LogP contribution < -0.4 is 4.90 Å². The van der Waals surface area contributed by atoms with Crippen LogP contribution in [-0.2, 0) is 14.3 Å². The van der Waals surface area contributed by atoms with Crippen molar-refractivity contribution in [3.05, 3.63) is 58.7 Å². The number of esters is 1. The summed E-state index contributed by atoms with van der Waals surface area (Å²) in [7, 11) is 5.60. The van der Waals surface area contributed by atoms with E-state index < -0.39 is 17.7 Å². The van der Waals surface area contributed by atoms with Gasteiger partial charge in [-0.2, -0.15) is 0 Å². The molecule has 5 rings (SSSR count). The first-order chi connectivity index (χ1) is 19.4. The number of halogens is 1. The lowest BCUT2D eigenvalue weighted by Gasteiger charge is -2.28. The van der Waals surface area contributed by atoms with Crippen LogP contribution in [0.2, 0.25) is 5.02 Å². The number of carbonyl (C=O) groups is 1. The average molecular weight is 594 g/mol. The molecule has 10 heteroatoms. The van der Waals surface area contributed by atoms with E-state index in [9.17, 15) is 4.79 Å². The Hall–Kier alpha value is -3.11. The van der Waals surface area contributed by atoms with Gasteiger partial charge >= 0.3 is 5.97 Å². The summed E-state index contributed by atoms with van der Waals surface area (Å²) >= 11 is 7.80. The van der Waals surface area contributed by atoms with Gasteiger partial charge in [0.2, 0.25) is 5.95 Å². The summed E-state index contributed by atoms with van der Waals surface area (Å²) in [6.45, 7) is 9.57. The van der Waals surface area contributed by atoms with Crippen molar-refractivity contribution in [3.63, 3.8) is 0 Å². The number of fused-ring (bicyclic) bond motifs is 1. The first-order valence-corrected chi connectivity index (χ1v) is 14.8. The van der Waals surface area contributed by atoms with Gasteiger partial charge in [-0.25, -0.2) is 19.7 Å². The zero-order valence-electron chi connectivity index (χ0n) is 24.6. The number of aryl methyl sites for hydroxylation is 1. The minimum absolute atomic E-state index is 0.454. The number of aromatic nitrogens is 3.